The molecule has 2 heterocycles. The van der Waals surface area contributed by atoms with Gasteiger partial charge in [0.2, 0.25) is 5.91 Å². The van der Waals surface area contributed by atoms with Gasteiger partial charge < -0.3 is 20.6 Å². The van der Waals surface area contributed by atoms with Crippen molar-refractivity contribution in [3.8, 4) is 0 Å². The Morgan fingerprint density at radius 2 is 1.86 bits per heavy atom. The summed E-state index contributed by atoms with van der Waals surface area (Å²) in [7, 11) is 0. The number of carbonyl (C=O) groups excluding carboxylic acids is 2. The van der Waals surface area contributed by atoms with E-state index in [0.717, 1.165) is 33.1 Å². The summed E-state index contributed by atoms with van der Waals surface area (Å²) in [6.07, 6.45) is 3.42. The van der Waals surface area contributed by atoms with Crippen molar-refractivity contribution in [3.63, 3.8) is 0 Å². The molecular formula is C27H30N4O4S. The third kappa shape index (κ3) is 6.28. The molecule has 3 aromatic rings. The number of amides is 3. The molecule has 0 bridgehead atoms. The first-order valence-electron chi connectivity index (χ1n) is 12.0. The molecule has 2 atom stereocenters. The smallest absolute Gasteiger partial charge is 0.323 e. The maximum Gasteiger partial charge on any atom is 0.323 e. The summed E-state index contributed by atoms with van der Waals surface area (Å²) in [6, 6.07) is 14.4. The van der Waals surface area contributed by atoms with Crippen molar-refractivity contribution in [2.75, 3.05) is 17.2 Å². The summed E-state index contributed by atoms with van der Waals surface area (Å²) in [4.78, 5) is 43.8. The molecule has 1 fully saturated rings. The van der Waals surface area contributed by atoms with E-state index >= 15 is 0 Å². The lowest BCUT2D eigenvalue weighted by Gasteiger charge is -2.25. The number of anilines is 2. The van der Waals surface area contributed by atoms with Crippen LogP contribution >= 0.6 is 11.3 Å². The fourth-order valence-corrected chi connectivity index (χ4v) is 5.55. The molecule has 3 N–H and O–H groups in total. The quantitative estimate of drug-likeness (QED) is 0.386. The van der Waals surface area contributed by atoms with Crippen LogP contribution in [0.1, 0.15) is 46.8 Å². The zero-order valence-corrected chi connectivity index (χ0v) is 21.2. The van der Waals surface area contributed by atoms with Crippen molar-refractivity contribution in [2.24, 2.45) is 5.92 Å². The normalized spacial score (nSPS) is 17.1. The van der Waals surface area contributed by atoms with Crippen LogP contribution in [-0.4, -0.2) is 39.4 Å². The monoisotopic (exact) mass is 506 g/mol. The minimum absolute atomic E-state index is 0.0321. The third-order valence-electron chi connectivity index (χ3n) is 6.39. The molecule has 1 saturated heterocycles. The van der Waals surface area contributed by atoms with E-state index in [2.05, 4.69) is 22.5 Å². The van der Waals surface area contributed by atoms with Crippen LogP contribution in [0.15, 0.2) is 54.7 Å². The molecule has 0 radical (unpaired) electrons. The molecule has 36 heavy (non-hydrogen) atoms. The number of carboxylic acids is 1. The second-order valence-electron chi connectivity index (χ2n) is 9.12. The van der Waals surface area contributed by atoms with Crippen molar-refractivity contribution in [3.05, 3.63) is 75.7 Å². The number of urea groups is 1. The predicted molar refractivity (Wildman–Crippen MR) is 140 cm³/mol. The summed E-state index contributed by atoms with van der Waals surface area (Å²) in [5.74, 6) is -0.514. The van der Waals surface area contributed by atoms with Crippen LogP contribution in [0.5, 0.6) is 0 Å². The number of para-hydroxylation sites is 1. The highest BCUT2D eigenvalue weighted by atomic mass is 32.1. The highest BCUT2D eigenvalue weighted by Gasteiger charge is 2.37. The predicted octanol–water partition coefficient (Wildman–Crippen LogP) is 5.26. The Morgan fingerprint density at radius 1 is 1.11 bits per heavy atom. The summed E-state index contributed by atoms with van der Waals surface area (Å²) >= 11 is 1.50. The standard InChI is InChI=1S/C27H30N4O4S/c1-17-5-3-4-6-22(17)30-27(35)29-20-9-7-19(8-10-20)15-23(32)31-14-13-18(2)25(31)26-28-16-21(36-26)11-12-24(33)34/h3-10,16,18,25H,11-15H2,1-2H3,(H,33,34)(H2,29,30,35). The van der Waals surface area contributed by atoms with E-state index in [4.69, 9.17) is 5.11 Å². The van der Waals surface area contributed by atoms with Gasteiger partial charge in [-0.25, -0.2) is 9.78 Å². The second-order valence-corrected chi connectivity index (χ2v) is 10.3. The third-order valence-corrected chi connectivity index (χ3v) is 7.52. The summed E-state index contributed by atoms with van der Waals surface area (Å²) in [5, 5.41) is 15.5. The number of nitrogens with one attached hydrogen (secondary N) is 2. The summed E-state index contributed by atoms with van der Waals surface area (Å²) < 4.78 is 0. The van der Waals surface area contributed by atoms with Gasteiger partial charge in [0.15, 0.2) is 0 Å². The largest absolute Gasteiger partial charge is 0.481 e. The van der Waals surface area contributed by atoms with Crippen molar-refractivity contribution < 1.29 is 19.5 Å². The van der Waals surface area contributed by atoms with Crippen LogP contribution in [0.2, 0.25) is 0 Å². The van der Waals surface area contributed by atoms with E-state index in [0.29, 0.717) is 18.7 Å². The maximum absolute atomic E-state index is 13.2. The number of aromatic nitrogens is 1. The zero-order valence-electron chi connectivity index (χ0n) is 20.4. The van der Waals surface area contributed by atoms with Gasteiger partial charge in [-0.2, -0.15) is 0 Å². The highest BCUT2D eigenvalue weighted by molar-refractivity contribution is 7.11. The molecule has 2 unspecified atom stereocenters. The number of hydrogen-bond donors (Lipinski definition) is 3. The van der Waals surface area contributed by atoms with Gasteiger partial charge in [0.05, 0.1) is 18.9 Å². The number of hydrogen-bond acceptors (Lipinski definition) is 5. The first-order valence-corrected chi connectivity index (χ1v) is 12.8. The Morgan fingerprint density at radius 3 is 2.58 bits per heavy atom. The van der Waals surface area contributed by atoms with E-state index in [-0.39, 0.29) is 36.7 Å². The maximum atomic E-state index is 13.2. The number of carbonyl (C=O) groups is 3. The number of aliphatic carboxylic acids is 1. The van der Waals surface area contributed by atoms with Crippen molar-refractivity contribution in [2.45, 2.75) is 45.6 Å². The van der Waals surface area contributed by atoms with Gasteiger partial charge in [-0.05, 0) is 55.0 Å². The molecule has 1 aliphatic heterocycles. The van der Waals surface area contributed by atoms with E-state index in [1.165, 1.54) is 11.3 Å². The van der Waals surface area contributed by atoms with Crippen LogP contribution in [0.25, 0.3) is 0 Å². The van der Waals surface area contributed by atoms with Crippen molar-refractivity contribution in [1.29, 1.82) is 0 Å². The minimum atomic E-state index is -0.830. The molecule has 9 heteroatoms. The molecule has 4 rings (SSSR count). The van der Waals surface area contributed by atoms with E-state index in [1.54, 1.807) is 18.3 Å². The molecule has 1 aliphatic rings. The second kappa shape index (κ2) is 11.3. The molecule has 2 aromatic carbocycles. The van der Waals surface area contributed by atoms with Crippen LogP contribution < -0.4 is 10.6 Å². The first kappa shape index (κ1) is 25.4. The Balaban J connectivity index is 1.35. The molecule has 0 saturated carbocycles. The van der Waals surface area contributed by atoms with Gasteiger partial charge >= 0.3 is 12.0 Å². The number of thiazole rings is 1. The highest BCUT2D eigenvalue weighted by Crippen LogP contribution is 2.39. The number of carboxylic acid groups (broad SMARTS) is 1. The number of aryl methyl sites for hydroxylation is 2. The van der Waals surface area contributed by atoms with Crippen molar-refractivity contribution in [1.82, 2.24) is 9.88 Å². The molecule has 188 valence electrons. The molecule has 0 spiro atoms. The minimum Gasteiger partial charge on any atom is -0.481 e. The van der Waals surface area contributed by atoms with Gasteiger partial charge in [-0.1, -0.05) is 37.3 Å². The van der Waals surface area contributed by atoms with Crippen molar-refractivity contribution >= 4 is 40.6 Å². The number of nitrogens with zero attached hydrogens (tertiary/aromatic N) is 2. The van der Waals surface area contributed by atoms with Crippen LogP contribution in [0.4, 0.5) is 16.2 Å². The molecular weight excluding hydrogens is 476 g/mol. The number of rotatable bonds is 8. The average Bonchev–Trinajstić information content (AvgIpc) is 3.46. The van der Waals surface area contributed by atoms with Crippen LogP contribution in [0, 0.1) is 12.8 Å². The lowest BCUT2D eigenvalue weighted by atomic mass is 10.0. The van der Waals surface area contributed by atoms with Crippen LogP contribution in [0.3, 0.4) is 0 Å². The molecule has 8 nitrogen and oxygen atoms in total. The summed E-state index contributed by atoms with van der Waals surface area (Å²) in [5.41, 5.74) is 3.23. The number of likely N-dealkylation sites (tertiary alicyclic amines) is 1. The molecule has 0 aliphatic carbocycles. The fourth-order valence-electron chi connectivity index (χ4n) is 4.39. The first-order chi connectivity index (χ1) is 17.3. The SMILES string of the molecule is Cc1ccccc1NC(=O)Nc1ccc(CC(=O)N2CCC(C)C2c2ncc(CCC(=O)O)s2)cc1. The summed E-state index contributed by atoms with van der Waals surface area (Å²) in [6.45, 7) is 4.73. The molecule has 1 aromatic heterocycles. The topological polar surface area (TPSA) is 112 Å². The Labute approximate surface area is 214 Å². The lowest BCUT2D eigenvalue weighted by molar-refractivity contribution is -0.137. The van der Waals surface area contributed by atoms with Gasteiger partial charge in [0, 0.05) is 29.0 Å². The van der Waals surface area contributed by atoms with E-state index in [9.17, 15) is 14.4 Å². The lowest BCUT2D eigenvalue weighted by Crippen LogP contribution is -2.33. The van der Waals surface area contributed by atoms with Gasteiger partial charge in [0.1, 0.15) is 5.01 Å². The van der Waals surface area contributed by atoms with E-state index in [1.807, 2.05) is 48.2 Å². The fraction of sp³-hybridized carbons (Fsp3) is 0.333. The van der Waals surface area contributed by atoms with Gasteiger partial charge in [0.25, 0.3) is 0 Å². The zero-order chi connectivity index (χ0) is 25.7. The Kier molecular flexibility index (Phi) is 8.00. The van der Waals surface area contributed by atoms with Crippen LogP contribution in [-0.2, 0) is 22.4 Å². The van der Waals surface area contributed by atoms with Gasteiger partial charge in [-0.15, -0.1) is 11.3 Å². The van der Waals surface area contributed by atoms with E-state index < -0.39 is 5.97 Å². The Hall–Kier alpha value is -3.72. The average molecular weight is 507 g/mol. The molecule has 3 amide bonds. The van der Waals surface area contributed by atoms with Gasteiger partial charge in [-0.3, -0.25) is 9.59 Å². The Bertz CT molecular complexity index is 1240. The number of benzene rings is 2.